The predicted molar refractivity (Wildman–Crippen MR) is 86.5 cm³/mol. The predicted octanol–water partition coefficient (Wildman–Crippen LogP) is 2.75. The molecule has 2 rings (SSSR count). The fourth-order valence-electron chi connectivity index (χ4n) is 2.48. The highest BCUT2D eigenvalue weighted by atomic mass is 16.6. The number of carbonyl (C=O) groups is 1. The van der Waals surface area contributed by atoms with Gasteiger partial charge in [-0.3, -0.25) is 14.9 Å². The molecule has 6 nitrogen and oxygen atoms in total. The van der Waals surface area contributed by atoms with Gasteiger partial charge >= 0.3 is 0 Å². The number of hydrogen-bond acceptors (Lipinski definition) is 5. The molecule has 0 radical (unpaired) electrons. The minimum Gasteiger partial charge on any atom is -0.375 e. The van der Waals surface area contributed by atoms with Crippen LogP contribution < -0.4 is 5.32 Å². The fraction of sp³-hybridized carbons (Fsp3) is 0.235. The van der Waals surface area contributed by atoms with Gasteiger partial charge in [-0.15, -0.1) is 0 Å². The van der Waals surface area contributed by atoms with Crippen LogP contribution in [0, 0.1) is 10.1 Å². The molecular formula is C17H18N2O4. The quantitative estimate of drug-likeness (QED) is 0.483. The van der Waals surface area contributed by atoms with E-state index in [9.17, 15) is 14.9 Å². The zero-order chi connectivity index (χ0) is 16.8. The second-order valence-corrected chi connectivity index (χ2v) is 5.01. The summed E-state index contributed by atoms with van der Waals surface area (Å²) in [5.41, 5.74) is 1.09. The van der Waals surface area contributed by atoms with Gasteiger partial charge < -0.3 is 10.1 Å². The van der Waals surface area contributed by atoms with Gasteiger partial charge in [-0.25, -0.2) is 0 Å². The first kappa shape index (κ1) is 16.8. The molecule has 23 heavy (non-hydrogen) atoms. The molecule has 0 bridgehead atoms. The van der Waals surface area contributed by atoms with E-state index >= 15 is 0 Å². The molecule has 2 aromatic rings. The summed E-state index contributed by atoms with van der Waals surface area (Å²) in [6.07, 6.45) is -0.632. The lowest BCUT2D eigenvalue weighted by Gasteiger charge is -2.25. The molecule has 2 atom stereocenters. The summed E-state index contributed by atoms with van der Waals surface area (Å²) in [4.78, 5) is 23.2. The van der Waals surface area contributed by atoms with Crippen molar-refractivity contribution in [1.82, 2.24) is 5.32 Å². The number of non-ortho nitro benzene ring substituents is 1. The summed E-state index contributed by atoms with van der Waals surface area (Å²) >= 11 is 0. The zero-order valence-electron chi connectivity index (χ0n) is 12.9. The highest BCUT2D eigenvalue weighted by Gasteiger charge is 2.29. The van der Waals surface area contributed by atoms with Crippen LogP contribution in [0.5, 0.6) is 0 Å². The molecule has 0 saturated carbocycles. The van der Waals surface area contributed by atoms with Crippen LogP contribution in [0.25, 0.3) is 0 Å². The van der Waals surface area contributed by atoms with E-state index in [1.807, 2.05) is 6.07 Å². The van der Waals surface area contributed by atoms with E-state index in [2.05, 4.69) is 5.32 Å². The maximum Gasteiger partial charge on any atom is 0.269 e. The first-order chi connectivity index (χ1) is 11.1. The molecule has 6 heteroatoms. The van der Waals surface area contributed by atoms with Crippen LogP contribution in [0.15, 0.2) is 54.6 Å². The highest BCUT2D eigenvalue weighted by Crippen LogP contribution is 2.26. The summed E-state index contributed by atoms with van der Waals surface area (Å²) < 4.78 is 5.46. The maximum absolute atomic E-state index is 12.7. The van der Waals surface area contributed by atoms with E-state index < -0.39 is 17.1 Å². The number of Topliss-reactive ketones (excluding diaryl/α,β-unsaturated/α-hetero) is 1. The Balaban J connectivity index is 2.35. The Hall–Kier alpha value is -2.57. The molecule has 0 fully saturated rings. The summed E-state index contributed by atoms with van der Waals surface area (Å²) in [6.45, 7) is 0. The van der Waals surface area contributed by atoms with Crippen molar-refractivity contribution in [3.63, 3.8) is 0 Å². The highest BCUT2D eigenvalue weighted by molar-refractivity contribution is 6.00. The molecule has 0 aromatic heterocycles. The first-order valence-electron chi connectivity index (χ1n) is 7.12. The van der Waals surface area contributed by atoms with Crippen molar-refractivity contribution < 1.29 is 14.5 Å². The summed E-state index contributed by atoms with van der Waals surface area (Å²) in [5, 5.41) is 13.9. The molecule has 1 N–H and O–H groups in total. The third-order valence-electron chi connectivity index (χ3n) is 3.62. The molecule has 0 aliphatic rings. The number of nitrogens with one attached hydrogen (secondary N) is 1. The largest absolute Gasteiger partial charge is 0.375 e. The van der Waals surface area contributed by atoms with Gasteiger partial charge in [0.15, 0.2) is 5.78 Å². The fourth-order valence-corrected chi connectivity index (χ4v) is 2.48. The molecule has 0 aliphatic carbocycles. The number of rotatable bonds is 7. The summed E-state index contributed by atoms with van der Waals surface area (Å²) in [6, 6.07) is 14.3. The van der Waals surface area contributed by atoms with Crippen LogP contribution in [0.1, 0.15) is 22.0 Å². The third kappa shape index (κ3) is 3.80. The molecule has 0 spiro atoms. The number of nitro benzene ring substituents is 1. The van der Waals surface area contributed by atoms with Gasteiger partial charge in [-0.1, -0.05) is 42.5 Å². The van der Waals surface area contributed by atoms with Crippen LogP contribution in [0.2, 0.25) is 0 Å². The number of hydrogen-bond donors (Lipinski definition) is 1. The average Bonchev–Trinajstić information content (AvgIpc) is 2.59. The Bertz CT molecular complexity index is 688. The van der Waals surface area contributed by atoms with E-state index in [0.29, 0.717) is 11.1 Å². The van der Waals surface area contributed by atoms with Crippen LogP contribution in [0.3, 0.4) is 0 Å². The number of ether oxygens (including phenoxy) is 1. The van der Waals surface area contributed by atoms with E-state index in [0.717, 1.165) is 0 Å². The van der Waals surface area contributed by atoms with Crippen LogP contribution >= 0.6 is 0 Å². The molecule has 0 amide bonds. The first-order valence-corrected chi connectivity index (χ1v) is 7.12. The SMILES string of the molecule is CN[C@H](C(=O)c1ccccc1)[C@@H](OC)c1cccc([N+](=O)[O-])c1. The van der Waals surface area contributed by atoms with Crippen molar-refractivity contribution >= 4 is 11.5 Å². The van der Waals surface area contributed by atoms with Gasteiger partial charge in [0.05, 0.1) is 4.92 Å². The van der Waals surface area contributed by atoms with Crippen molar-refractivity contribution in [2.75, 3.05) is 14.2 Å². The van der Waals surface area contributed by atoms with Crippen molar-refractivity contribution in [2.24, 2.45) is 0 Å². The van der Waals surface area contributed by atoms with Gasteiger partial charge in [0.25, 0.3) is 5.69 Å². The smallest absolute Gasteiger partial charge is 0.269 e. The lowest BCUT2D eigenvalue weighted by atomic mass is 9.94. The van der Waals surface area contributed by atoms with Crippen LogP contribution in [-0.2, 0) is 4.74 Å². The number of carbonyl (C=O) groups excluding carboxylic acids is 1. The maximum atomic E-state index is 12.7. The van der Waals surface area contributed by atoms with Crippen molar-refractivity contribution in [2.45, 2.75) is 12.1 Å². The zero-order valence-corrected chi connectivity index (χ0v) is 12.9. The second kappa shape index (κ2) is 7.62. The monoisotopic (exact) mass is 314 g/mol. The van der Waals surface area contributed by atoms with Gasteiger partial charge in [0.2, 0.25) is 0 Å². The Morgan fingerprint density at radius 2 is 1.87 bits per heavy atom. The molecular weight excluding hydrogens is 296 g/mol. The van der Waals surface area contributed by atoms with Crippen LogP contribution in [0.4, 0.5) is 5.69 Å². The number of methoxy groups -OCH3 is 1. The molecule has 0 aliphatic heterocycles. The lowest BCUT2D eigenvalue weighted by molar-refractivity contribution is -0.385. The normalized spacial score (nSPS) is 13.3. The Labute approximate surface area is 134 Å². The number of likely N-dealkylation sites (N-methyl/N-ethyl adjacent to an activating group) is 1. The minimum absolute atomic E-state index is 0.0356. The molecule has 0 saturated heterocycles. The van der Waals surface area contributed by atoms with E-state index in [-0.39, 0.29) is 11.5 Å². The van der Waals surface area contributed by atoms with Gasteiger partial charge in [0.1, 0.15) is 12.1 Å². The second-order valence-electron chi connectivity index (χ2n) is 5.01. The van der Waals surface area contributed by atoms with E-state index in [4.69, 9.17) is 4.74 Å². The van der Waals surface area contributed by atoms with Crippen molar-refractivity contribution in [3.05, 3.63) is 75.8 Å². The van der Waals surface area contributed by atoms with Gasteiger partial charge in [-0.2, -0.15) is 0 Å². The summed E-state index contributed by atoms with van der Waals surface area (Å²) in [7, 11) is 3.14. The molecule has 2 aromatic carbocycles. The molecule has 0 heterocycles. The standard InChI is InChI=1S/C17H18N2O4/c1-18-15(16(20)12-7-4-3-5-8-12)17(23-2)13-9-6-10-14(11-13)19(21)22/h3-11,15,17-18H,1-2H3/t15-,17+/m1/s1. The van der Waals surface area contributed by atoms with Crippen molar-refractivity contribution in [1.29, 1.82) is 0 Å². The Morgan fingerprint density at radius 1 is 1.17 bits per heavy atom. The van der Waals surface area contributed by atoms with Gasteiger partial charge in [-0.05, 0) is 12.6 Å². The molecule has 120 valence electrons. The topological polar surface area (TPSA) is 81.5 Å². The number of benzene rings is 2. The van der Waals surface area contributed by atoms with Crippen LogP contribution in [-0.4, -0.2) is 30.9 Å². The van der Waals surface area contributed by atoms with Gasteiger partial charge in [0, 0.05) is 24.8 Å². The van der Waals surface area contributed by atoms with E-state index in [1.54, 1.807) is 43.4 Å². The minimum atomic E-state index is -0.649. The summed E-state index contributed by atoms with van der Waals surface area (Å²) in [5.74, 6) is -0.133. The number of nitrogens with zero attached hydrogens (tertiary/aromatic N) is 1. The Kier molecular flexibility index (Phi) is 5.56. The Morgan fingerprint density at radius 3 is 2.43 bits per heavy atom. The van der Waals surface area contributed by atoms with Crippen molar-refractivity contribution in [3.8, 4) is 0 Å². The molecule has 0 unspecified atom stereocenters. The number of ketones is 1. The number of nitro groups is 1. The lowest BCUT2D eigenvalue weighted by Crippen LogP contribution is -2.40. The average molecular weight is 314 g/mol. The third-order valence-corrected chi connectivity index (χ3v) is 3.62. The van der Waals surface area contributed by atoms with E-state index in [1.165, 1.54) is 19.2 Å².